The van der Waals surface area contributed by atoms with E-state index in [1.165, 1.54) is 0 Å². The molecule has 0 nitrogen and oxygen atoms in total. The lowest BCUT2D eigenvalue weighted by Gasteiger charge is -2.18. The van der Waals surface area contributed by atoms with Crippen molar-refractivity contribution in [2.24, 2.45) is 5.92 Å². The van der Waals surface area contributed by atoms with Gasteiger partial charge in [-0.2, -0.15) is 0 Å². The Morgan fingerprint density at radius 2 is 2.00 bits per heavy atom. The van der Waals surface area contributed by atoms with E-state index < -0.39 is 11.8 Å². The second-order valence-corrected chi connectivity index (χ2v) is 3.10. The quantitative estimate of drug-likeness (QED) is 0.531. The molecule has 1 atom stereocenters. The second-order valence-electron chi connectivity index (χ2n) is 2.22. The number of rotatable bonds is 3. The molecule has 0 N–H and O–H groups in total. The molecule has 0 aromatic heterocycles. The highest BCUT2D eigenvalue weighted by Crippen LogP contribution is 2.27. The van der Waals surface area contributed by atoms with E-state index in [0.29, 0.717) is 10.8 Å². The van der Waals surface area contributed by atoms with Gasteiger partial charge in [0.15, 0.2) is 0 Å². The predicted molar refractivity (Wildman–Crippen MR) is 43.3 cm³/mol. The Bertz CT molecular complexity index is 73.6. The first-order valence-electron chi connectivity index (χ1n) is 2.96. The van der Waals surface area contributed by atoms with E-state index in [4.69, 9.17) is 0 Å². The van der Waals surface area contributed by atoms with E-state index in [0.717, 1.165) is 6.92 Å². The van der Waals surface area contributed by atoms with Crippen LogP contribution in [0.3, 0.4) is 0 Å². The zero-order valence-electron chi connectivity index (χ0n) is 5.63. The molecular formula is C6H11F2I. The molecule has 9 heavy (non-hydrogen) atoms. The standard InChI is InChI=1S/C6H11F2I/c1-3-5(4-9)6(2,7)8/h5H,3-4H2,1-2H3. The van der Waals surface area contributed by atoms with Gasteiger partial charge >= 0.3 is 0 Å². The molecule has 3 heteroatoms. The van der Waals surface area contributed by atoms with Crippen molar-refractivity contribution in [3.63, 3.8) is 0 Å². The van der Waals surface area contributed by atoms with Crippen LogP contribution in [0.4, 0.5) is 8.78 Å². The summed E-state index contributed by atoms with van der Waals surface area (Å²) < 4.78 is 25.3. The molecule has 0 heterocycles. The SMILES string of the molecule is CCC(CI)C(C)(F)F. The fraction of sp³-hybridized carbons (Fsp3) is 1.00. The van der Waals surface area contributed by atoms with Gasteiger partial charge in [0.1, 0.15) is 0 Å². The maximum absolute atomic E-state index is 12.4. The highest BCUT2D eigenvalue weighted by molar-refractivity contribution is 14.1. The Balaban J connectivity index is 3.79. The number of hydrogen-bond acceptors (Lipinski definition) is 0. The van der Waals surface area contributed by atoms with Gasteiger partial charge in [0.2, 0.25) is 5.92 Å². The molecule has 0 radical (unpaired) electrons. The van der Waals surface area contributed by atoms with Gasteiger partial charge in [-0.1, -0.05) is 29.5 Å². The fourth-order valence-electron chi connectivity index (χ4n) is 0.603. The lowest BCUT2D eigenvalue weighted by atomic mass is 10.0. The van der Waals surface area contributed by atoms with Crippen molar-refractivity contribution >= 4 is 22.6 Å². The van der Waals surface area contributed by atoms with Crippen molar-refractivity contribution in [1.82, 2.24) is 0 Å². The number of halogens is 3. The average Bonchev–Trinajstić information content (AvgIpc) is 1.65. The van der Waals surface area contributed by atoms with Crippen molar-refractivity contribution in [2.45, 2.75) is 26.2 Å². The highest BCUT2D eigenvalue weighted by atomic mass is 127. The molecular weight excluding hydrogens is 237 g/mol. The Labute approximate surface area is 68.2 Å². The zero-order chi connectivity index (χ0) is 7.49. The van der Waals surface area contributed by atoms with Crippen molar-refractivity contribution in [3.05, 3.63) is 0 Å². The molecule has 0 aliphatic heterocycles. The summed E-state index contributed by atoms with van der Waals surface area (Å²) >= 11 is 1.99. The molecule has 0 amide bonds. The van der Waals surface area contributed by atoms with E-state index in [1.54, 1.807) is 6.92 Å². The summed E-state index contributed by atoms with van der Waals surface area (Å²) in [4.78, 5) is 0. The maximum Gasteiger partial charge on any atom is 0.248 e. The Morgan fingerprint density at radius 3 is 2.00 bits per heavy atom. The summed E-state index contributed by atoms with van der Waals surface area (Å²) in [5.74, 6) is -2.94. The summed E-state index contributed by atoms with van der Waals surface area (Å²) in [6.07, 6.45) is 0.562. The summed E-state index contributed by atoms with van der Waals surface area (Å²) in [5, 5.41) is 0. The third-order valence-electron chi connectivity index (χ3n) is 1.40. The monoisotopic (exact) mass is 248 g/mol. The molecule has 0 rings (SSSR count). The molecule has 0 aromatic carbocycles. The minimum Gasteiger partial charge on any atom is -0.207 e. The van der Waals surface area contributed by atoms with Gasteiger partial charge in [-0.3, -0.25) is 0 Å². The van der Waals surface area contributed by atoms with Crippen LogP contribution in [0.25, 0.3) is 0 Å². The van der Waals surface area contributed by atoms with E-state index in [1.807, 2.05) is 22.6 Å². The molecule has 56 valence electrons. The highest BCUT2D eigenvalue weighted by Gasteiger charge is 2.31. The van der Waals surface area contributed by atoms with Crippen LogP contribution in [0, 0.1) is 5.92 Å². The molecule has 0 aromatic rings. The van der Waals surface area contributed by atoms with Crippen LogP contribution in [0.2, 0.25) is 0 Å². The van der Waals surface area contributed by atoms with Crippen LogP contribution in [0.15, 0.2) is 0 Å². The predicted octanol–water partition coefficient (Wildman–Crippen LogP) is 3.10. The molecule has 0 bridgehead atoms. The number of alkyl halides is 3. The van der Waals surface area contributed by atoms with Crippen LogP contribution < -0.4 is 0 Å². The topological polar surface area (TPSA) is 0 Å². The van der Waals surface area contributed by atoms with Crippen molar-refractivity contribution < 1.29 is 8.78 Å². The molecule has 1 unspecified atom stereocenters. The molecule has 0 saturated heterocycles. The van der Waals surface area contributed by atoms with E-state index in [-0.39, 0.29) is 0 Å². The van der Waals surface area contributed by atoms with Crippen molar-refractivity contribution in [1.29, 1.82) is 0 Å². The molecule has 0 aliphatic rings. The van der Waals surface area contributed by atoms with Crippen LogP contribution in [0.5, 0.6) is 0 Å². The second kappa shape index (κ2) is 3.68. The molecule has 0 aliphatic carbocycles. The van der Waals surface area contributed by atoms with E-state index in [9.17, 15) is 8.78 Å². The first kappa shape index (κ1) is 9.59. The van der Waals surface area contributed by atoms with Gasteiger partial charge in [0.25, 0.3) is 0 Å². The normalized spacial score (nSPS) is 15.7. The minimum absolute atomic E-state index is 0.446. The van der Waals surface area contributed by atoms with Gasteiger partial charge in [0.05, 0.1) is 0 Å². The van der Waals surface area contributed by atoms with E-state index in [2.05, 4.69) is 0 Å². The lowest BCUT2D eigenvalue weighted by Crippen LogP contribution is -2.24. The first-order valence-corrected chi connectivity index (χ1v) is 4.48. The summed E-state index contributed by atoms with van der Waals surface area (Å²) in [5.41, 5.74) is 0. The first-order chi connectivity index (χ1) is 4.02. The Morgan fingerprint density at radius 1 is 1.56 bits per heavy atom. The molecule has 0 saturated carbocycles. The third-order valence-corrected chi connectivity index (χ3v) is 2.46. The molecule has 0 spiro atoms. The maximum atomic E-state index is 12.4. The Hall–Kier alpha value is 0.590. The van der Waals surface area contributed by atoms with Crippen molar-refractivity contribution in [2.75, 3.05) is 4.43 Å². The molecule has 0 fully saturated rings. The lowest BCUT2D eigenvalue weighted by molar-refractivity contribution is -0.0304. The Kier molecular flexibility index (Phi) is 3.93. The summed E-state index contributed by atoms with van der Waals surface area (Å²) in [7, 11) is 0. The van der Waals surface area contributed by atoms with Crippen LogP contribution in [-0.2, 0) is 0 Å². The third kappa shape index (κ3) is 3.33. The smallest absolute Gasteiger partial charge is 0.207 e. The van der Waals surface area contributed by atoms with Crippen LogP contribution in [0.1, 0.15) is 20.3 Å². The van der Waals surface area contributed by atoms with Crippen LogP contribution >= 0.6 is 22.6 Å². The average molecular weight is 248 g/mol. The summed E-state index contributed by atoms with van der Waals surface area (Å²) in [6, 6.07) is 0. The minimum atomic E-state index is -2.49. The largest absolute Gasteiger partial charge is 0.248 e. The van der Waals surface area contributed by atoms with Gasteiger partial charge in [-0.15, -0.1) is 0 Å². The van der Waals surface area contributed by atoms with Gasteiger partial charge < -0.3 is 0 Å². The van der Waals surface area contributed by atoms with Crippen LogP contribution in [-0.4, -0.2) is 10.4 Å². The van der Waals surface area contributed by atoms with Crippen molar-refractivity contribution in [3.8, 4) is 0 Å². The van der Waals surface area contributed by atoms with Gasteiger partial charge in [-0.25, -0.2) is 8.78 Å². The van der Waals surface area contributed by atoms with Gasteiger partial charge in [-0.05, 0) is 13.3 Å². The summed E-state index contributed by atoms with van der Waals surface area (Å²) in [6.45, 7) is 2.78. The zero-order valence-corrected chi connectivity index (χ0v) is 7.78. The van der Waals surface area contributed by atoms with Gasteiger partial charge in [0, 0.05) is 10.3 Å². The van der Waals surface area contributed by atoms with E-state index >= 15 is 0 Å². The number of hydrogen-bond donors (Lipinski definition) is 0. The fourth-order valence-corrected chi connectivity index (χ4v) is 2.00.